The van der Waals surface area contributed by atoms with Gasteiger partial charge in [0.2, 0.25) is 0 Å². The van der Waals surface area contributed by atoms with E-state index < -0.39 is 6.17 Å². The van der Waals surface area contributed by atoms with Crippen LogP contribution in [0.25, 0.3) is 0 Å². The van der Waals surface area contributed by atoms with Gasteiger partial charge in [-0.15, -0.1) is 11.3 Å². The summed E-state index contributed by atoms with van der Waals surface area (Å²) in [5.41, 5.74) is 10.8. The molecule has 4 atom stereocenters. The zero-order valence-electron chi connectivity index (χ0n) is 26.1. The molecule has 1 unspecified atom stereocenters. The Morgan fingerprint density at radius 3 is 2.80 bits per heavy atom. The number of hydrogen-bond acceptors (Lipinski definition) is 11. The van der Waals surface area contributed by atoms with Crippen molar-refractivity contribution >= 4 is 28.0 Å². The average Bonchev–Trinajstić information content (AvgIpc) is 3.49. The summed E-state index contributed by atoms with van der Waals surface area (Å²) < 4.78 is 14.8. The van der Waals surface area contributed by atoms with Gasteiger partial charge < -0.3 is 30.1 Å². The van der Waals surface area contributed by atoms with Gasteiger partial charge in [0.15, 0.2) is 11.9 Å². The number of ether oxygens (including phenoxy) is 1. The molecule has 0 bridgehead atoms. The fourth-order valence-electron chi connectivity index (χ4n) is 9.17. The zero-order valence-corrected chi connectivity index (χ0v) is 27.0. The SMILES string of the molecule is C[C@@H]([C@@H]1CCCN1C)n1ncc2c1NC(c1noc3c1CCC[C@@]31CCCc3sc(N)c(C#N)c31)N=C2N1CCOC2(CC2)C1. The van der Waals surface area contributed by atoms with E-state index in [1.165, 1.54) is 17.7 Å². The minimum absolute atomic E-state index is 0.0316. The van der Waals surface area contributed by atoms with Crippen LogP contribution in [0.5, 0.6) is 0 Å². The monoisotopic (exact) mass is 627 g/mol. The maximum Gasteiger partial charge on any atom is 0.169 e. The second-order valence-corrected chi connectivity index (χ2v) is 15.3. The number of likely N-dealkylation sites (N-methyl/N-ethyl adjacent to an activating group) is 1. The van der Waals surface area contributed by atoms with Crippen molar-refractivity contribution in [1.82, 2.24) is 24.7 Å². The zero-order chi connectivity index (χ0) is 30.5. The summed E-state index contributed by atoms with van der Waals surface area (Å²) in [6.45, 7) is 5.77. The smallest absolute Gasteiger partial charge is 0.169 e. The van der Waals surface area contributed by atoms with E-state index in [4.69, 9.17) is 30.2 Å². The number of aromatic nitrogens is 3. The van der Waals surface area contributed by atoms with Crippen LogP contribution in [0.15, 0.2) is 15.7 Å². The summed E-state index contributed by atoms with van der Waals surface area (Å²) in [4.78, 5) is 11.5. The number of likely N-dealkylation sites (tertiary alicyclic amines) is 1. The highest BCUT2D eigenvalue weighted by Gasteiger charge is 2.51. The third-order valence-electron chi connectivity index (χ3n) is 11.6. The predicted molar refractivity (Wildman–Crippen MR) is 172 cm³/mol. The number of nitriles is 1. The maximum atomic E-state index is 10.1. The molecule has 236 valence electrons. The van der Waals surface area contributed by atoms with Gasteiger partial charge in [0.05, 0.1) is 41.0 Å². The second kappa shape index (κ2) is 10.0. The van der Waals surface area contributed by atoms with Crippen molar-refractivity contribution in [3.05, 3.63) is 44.8 Å². The highest BCUT2D eigenvalue weighted by atomic mass is 32.1. The van der Waals surface area contributed by atoms with E-state index in [0.29, 0.717) is 23.2 Å². The Morgan fingerprint density at radius 2 is 2.02 bits per heavy atom. The number of morpholine rings is 1. The van der Waals surface area contributed by atoms with E-state index in [0.717, 1.165) is 111 Å². The molecule has 0 radical (unpaired) electrons. The molecule has 12 heteroatoms. The number of rotatable bonds is 3. The third-order valence-corrected chi connectivity index (χ3v) is 12.7. The Kier molecular flexibility index (Phi) is 6.22. The molecule has 3 aromatic rings. The lowest BCUT2D eigenvalue weighted by Crippen LogP contribution is -2.48. The molecule has 45 heavy (non-hydrogen) atoms. The van der Waals surface area contributed by atoms with Crippen molar-refractivity contribution in [2.24, 2.45) is 4.99 Å². The Bertz CT molecular complexity index is 1740. The Balaban J connectivity index is 1.14. The number of anilines is 2. The number of aryl methyl sites for hydroxylation is 1. The fraction of sp³-hybridized carbons (Fsp3) is 0.636. The van der Waals surface area contributed by atoms with Crippen molar-refractivity contribution in [3.63, 3.8) is 0 Å². The highest BCUT2D eigenvalue weighted by Crippen LogP contribution is 2.55. The fourth-order valence-corrected chi connectivity index (χ4v) is 10.3. The average molecular weight is 628 g/mol. The van der Waals surface area contributed by atoms with Gasteiger partial charge in [-0.3, -0.25) is 0 Å². The van der Waals surface area contributed by atoms with Crippen LogP contribution in [0.4, 0.5) is 10.8 Å². The van der Waals surface area contributed by atoms with Crippen molar-refractivity contribution in [1.29, 1.82) is 5.26 Å². The van der Waals surface area contributed by atoms with Crippen molar-refractivity contribution < 1.29 is 9.26 Å². The van der Waals surface area contributed by atoms with Crippen LogP contribution < -0.4 is 11.1 Å². The van der Waals surface area contributed by atoms with Crippen LogP contribution in [-0.4, -0.2) is 75.5 Å². The van der Waals surface area contributed by atoms with Crippen LogP contribution in [0.3, 0.4) is 0 Å². The van der Waals surface area contributed by atoms with Crippen molar-refractivity contribution in [2.45, 2.75) is 100 Å². The summed E-state index contributed by atoms with van der Waals surface area (Å²) >= 11 is 1.58. The molecule has 3 aliphatic carbocycles. The molecule has 3 aromatic heterocycles. The largest absolute Gasteiger partial charge is 0.389 e. The molecule has 3 aliphatic heterocycles. The predicted octanol–water partition coefficient (Wildman–Crippen LogP) is 4.74. The number of nitrogen functional groups attached to an aromatic ring is 1. The van der Waals surface area contributed by atoms with Gasteiger partial charge in [0.1, 0.15) is 28.4 Å². The van der Waals surface area contributed by atoms with Gasteiger partial charge in [-0.25, -0.2) is 9.67 Å². The van der Waals surface area contributed by atoms with Crippen LogP contribution in [-0.2, 0) is 23.0 Å². The first-order valence-corrected chi connectivity index (χ1v) is 17.5. The number of aliphatic imine (C=N–C) groups is 1. The van der Waals surface area contributed by atoms with Crippen LogP contribution in [0, 0.1) is 11.3 Å². The van der Waals surface area contributed by atoms with Gasteiger partial charge in [-0.2, -0.15) is 10.4 Å². The number of fused-ring (bicyclic) bond motifs is 5. The summed E-state index contributed by atoms with van der Waals surface area (Å²) in [5, 5.41) is 24.4. The van der Waals surface area contributed by atoms with E-state index >= 15 is 0 Å². The van der Waals surface area contributed by atoms with Crippen LogP contribution in [0.1, 0.15) is 109 Å². The molecule has 3 N–H and O–H groups in total. The molecule has 2 saturated heterocycles. The molecule has 2 spiro atoms. The minimum atomic E-state index is -0.400. The molecule has 9 rings (SSSR count). The number of nitrogens with two attached hydrogens (primary N) is 1. The number of thiophene rings is 1. The summed E-state index contributed by atoms with van der Waals surface area (Å²) in [5.74, 6) is 2.90. The quantitative estimate of drug-likeness (QED) is 0.423. The first-order chi connectivity index (χ1) is 21.9. The molecule has 6 heterocycles. The number of amidine groups is 1. The van der Waals surface area contributed by atoms with Crippen LogP contribution in [0.2, 0.25) is 0 Å². The lowest BCUT2D eigenvalue weighted by Gasteiger charge is -2.39. The highest BCUT2D eigenvalue weighted by molar-refractivity contribution is 7.16. The number of nitrogens with zero attached hydrogens (tertiary/aromatic N) is 7. The topological polar surface area (TPSA) is 134 Å². The number of hydrogen-bond donors (Lipinski definition) is 2. The maximum absolute atomic E-state index is 10.1. The first-order valence-electron chi connectivity index (χ1n) is 16.7. The summed E-state index contributed by atoms with van der Waals surface area (Å²) in [6, 6.07) is 3.08. The first kappa shape index (κ1) is 27.9. The Morgan fingerprint density at radius 1 is 1.18 bits per heavy atom. The standard InChI is InChI=1S/C33H41N9O2S/c1-19(23-7-5-13-40(23)2)42-31-22(17-36-42)30(41-14-15-43-32(18-41)11-12-32)37-29(38-31)26-20-6-3-9-33(27(20)44-39-26)10-4-8-24-25(33)21(16-34)28(35)45-24/h17,19,23,29,38H,3-15,18,35H2,1-2H3/t19-,23-,29?,33-/m0/s1. The Hall–Kier alpha value is -3.40. The third kappa shape index (κ3) is 4.09. The second-order valence-electron chi connectivity index (χ2n) is 14.2. The van der Waals surface area contributed by atoms with E-state index in [1.807, 2.05) is 6.20 Å². The normalized spacial score (nSPS) is 29.1. The molecular weight excluding hydrogens is 586 g/mol. The molecule has 3 fully saturated rings. The van der Waals surface area contributed by atoms with E-state index in [-0.39, 0.29) is 17.1 Å². The van der Waals surface area contributed by atoms with Crippen molar-refractivity contribution in [2.75, 3.05) is 44.3 Å². The molecule has 0 aromatic carbocycles. The number of nitrogens with one attached hydrogen (secondary N) is 1. The molecule has 11 nitrogen and oxygen atoms in total. The Labute approximate surface area is 267 Å². The van der Waals surface area contributed by atoms with Gasteiger partial charge in [0, 0.05) is 29.6 Å². The van der Waals surface area contributed by atoms with Crippen molar-refractivity contribution in [3.8, 4) is 6.07 Å². The molecule has 0 amide bonds. The minimum Gasteiger partial charge on any atom is -0.389 e. The van der Waals surface area contributed by atoms with E-state index in [1.54, 1.807) is 11.3 Å². The summed E-state index contributed by atoms with van der Waals surface area (Å²) in [7, 11) is 2.23. The summed E-state index contributed by atoms with van der Waals surface area (Å²) in [6.07, 6.45) is 12.0. The van der Waals surface area contributed by atoms with Gasteiger partial charge in [-0.05, 0) is 90.3 Å². The van der Waals surface area contributed by atoms with E-state index in [9.17, 15) is 5.26 Å². The van der Waals surface area contributed by atoms with Gasteiger partial charge in [0.25, 0.3) is 0 Å². The lowest BCUT2D eigenvalue weighted by atomic mass is 9.63. The van der Waals surface area contributed by atoms with Gasteiger partial charge in [-0.1, -0.05) is 5.16 Å². The molecular formula is C33H41N9O2S. The van der Waals surface area contributed by atoms with Crippen LogP contribution >= 0.6 is 11.3 Å². The van der Waals surface area contributed by atoms with Gasteiger partial charge >= 0.3 is 0 Å². The lowest BCUT2D eigenvalue weighted by molar-refractivity contribution is -0.0242. The molecule has 1 saturated carbocycles. The van der Waals surface area contributed by atoms with E-state index in [2.05, 4.69) is 39.8 Å². The molecule has 6 aliphatic rings.